The molecule has 0 saturated heterocycles. The molecule has 16 rings (SSSR count). The highest BCUT2D eigenvalue weighted by Gasteiger charge is 2.20. The van der Waals surface area contributed by atoms with E-state index in [1.54, 1.807) is 36.4 Å². The topological polar surface area (TPSA) is 140 Å². The number of phenolic OH excluding ortho intramolecular Hbond substituents is 6. The maximum absolute atomic E-state index is 11.9. The quantitative estimate of drug-likeness (QED) is 0.101. The highest BCUT2D eigenvalue weighted by atomic mass is 16.5. The summed E-state index contributed by atoms with van der Waals surface area (Å²) in [6, 6.07) is 45.1. The summed E-state index contributed by atoms with van der Waals surface area (Å²) >= 11 is 0. The Morgan fingerprint density at radius 2 is 0.692 bits per heavy atom. The monoisotopic (exact) mass is 860 g/mol. The highest BCUT2D eigenvalue weighted by molar-refractivity contribution is 5.75. The van der Waals surface area contributed by atoms with Gasteiger partial charge in [-0.25, -0.2) is 0 Å². The van der Waals surface area contributed by atoms with Crippen molar-refractivity contribution in [1.29, 1.82) is 0 Å². The number of benzene rings is 8. The van der Waals surface area contributed by atoms with E-state index < -0.39 is 0 Å². The fourth-order valence-electron chi connectivity index (χ4n) is 9.23. The predicted octanol–water partition coefficient (Wildman–Crippen LogP) is 12.2. The summed E-state index contributed by atoms with van der Waals surface area (Å²) in [4.78, 5) is 0. The number of hydrogen-bond donors (Lipinski definition) is 6. The Morgan fingerprint density at radius 1 is 0.323 bits per heavy atom. The molecule has 8 nitrogen and oxygen atoms in total. The highest BCUT2D eigenvalue weighted by Crippen LogP contribution is 2.43. The first kappa shape index (κ1) is 41.2. The summed E-state index contributed by atoms with van der Waals surface area (Å²) in [6.07, 6.45) is 5.17. The minimum absolute atomic E-state index is 0.0395. The van der Waals surface area contributed by atoms with Gasteiger partial charge in [-0.3, -0.25) is 0 Å². The van der Waals surface area contributed by atoms with Crippen molar-refractivity contribution in [3.05, 3.63) is 201 Å². The molecule has 8 aliphatic heterocycles. The largest absolute Gasteiger partial charge is 0.508 e. The zero-order valence-corrected chi connectivity index (χ0v) is 35.7. The second-order valence-electron chi connectivity index (χ2n) is 17.3. The summed E-state index contributed by atoms with van der Waals surface area (Å²) < 4.78 is 12.8. The molecule has 8 aromatic carbocycles. The molecule has 324 valence electrons. The van der Waals surface area contributed by atoms with Gasteiger partial charge >= 0.3 is 0 Å². The van der Waals surface area contributed by atoms with Gasteiger partial charge in [0.25, 0.3) is 0 Å². The van der Waals surface area contributed by atoms with Crippen LogP contribution in [0.1, 0.15) is 55.6 Å². The van der Waals surface area contributed by atoms with Gasteiger partial charge in [-0.2, -0.15) is 0 Å². The van der Waals surface area contributed by atoms with Crippen LogP contribution in [0.2, 0.25) is 0 Å². The lowest BCUT2D eigenvalue weighted by atomic mass is 9.92. The molecule has 6 N–H and O–H groups in total. The van der Waals surface area contributed by atoms with Gasteiger partial charge in [0.15, 0.2) is 23.0 Å². The van der Waals surface area contributed by atoms with Crippen molar-refractivity contribution in [2.24, 2.45) is 0 Å². The smallest absolute Gasteiger partial charge is 0.169 e. The van der Waals surface area contributed by atoms with E-state index in [1.165, 1.54) is 0 Å². The summed E-state index contributed by atoms with van der Waals surface area (Å²) in [5, 5.41) is 67.2. The Balaban J connectivity index is 1.01. The maximum atomic E-state index is 11.9. The molecule has 65 heavy (non-hydrogen) atoms. The number of aromatic hydroxyl groups is 6. The van der Waals surface area contributed by atoms with Crippen LogP contribution in [-0.4, -0.2) is 30.6 Å². The Labute approximate surface area is 377 Å². The summed E-state index contributed by atoms with van der Waals surface area (Å²) in [7, 11) is 0. The lowest BCUT2D eigenvalue weighted by molar-refractivity contribution is 0.402. The van der Waals surface area contributed by atoms with Crippen LogP contribution < -0.4 is 9.47 Å². The molecule has 0 fully saturated rings. The molecule has 8 heterocycles. The van der Waals surface area contributed by atoms with E-state index >= 15 is 0 Å². The molecule has 0 spiro atoms. The number of ether oxygens (including phenoxy) is 2. The van der Waals surface area contributed by atoms with Crippen molar-refractivity contribution in [3.8, 4) is 79.7 Å². The third-order valence-electron chi connectivity index (χ3n) is 12.8. The molecule has 8 aliphatic rings. The minimum atomic E-state index is -0.0395. The zero-order valence-electron chi connectivity index (χ0n) is 35.7. The second kappa shape index (κ2) is 17.4. The van der Waals surface area contributed by atoms with E-state index in [2.05, 4.69) is 0 Å². The van der Waals surface area contributed by atoms with Gasteiger partial charge < -0.3 is 40.1 Å². The molecule has 0 saturated carbocycles. The van der Waals surface area contributed by atoms with Gasteiger partial charge in [0, 0.05) is 28.7 Å². The van der Waals surface area contributed by atoms with E-state index in [4.69, 9.17) is 9.47 Å². The van der Waals surface area contributed by atoms with Crippen molar-refractivity contribution in [1.82, 2.24) is 0 Å². The van der Waals surface area contributed by atoms with E-state index in [-0.39, 0.29) is 52.4 Å². The molecule has 8 heteroatoms. The summed E-state index contributed by atoms with van der Waals surface area (Å²) in [5.41, 5.74) is 11.9. The van der Waals surface area contributed by atoms with Gasteiger partial charge in [-0.15, -0.1) is 0 Å². The van der Waals surface area contributed by atoms with Crippen LogP contribution in [-0.2, 0) is 57.8 Å². The Hall–Kier alpha value is -7.84. The number of rotatable bonds is 2. The standard InChI is InChI=1S/C57H48O8/c58-44-15-23-48-40(32-44)13-5-34-7-17-46(18-8-34)64-54-29-38(3-1-36-11-21-50(48)52(60)27-36)25-42(56(54)62)31-43-26-39-4-2-37-12-22-51(53(61)28-37)49-24-16-45(59)33-41(49)14-6-35-9-19-47(20-10-35)65-55(30-39)57(43)63/h7-12,15-30,32-33,58-63H,1-6,13-14,31H2. The van der Waals surface area contributed by atoms with Crippen LogP contribution >= 0.6 is 0 Å². The first-order valence-electron chi connectivity index (χ1n) is 22.1. The molecule has 0 radical (unpaired) electrons. The predicted molar refractivity (Wildman–Crippen MR) is 252 cm³/mol. The van der Waals surface area contributed by atoms with Gasteiger partial charge in [0.2, 0.25) is 0 Å². The first-order chi connectivity index (χ1) is 31.6. The zero-order chi connectivity index (χ0) is 44.6. The molecule has 0 amide bonds. The van der Waals surface area contributed by atoms with Crippen LogP contribution in [0.3, 0.4) is 0 Å². The molecular formula is C57H48O8. The van der Waals surface area contributed by atoms with Gasteiger partial charge in [0.05, 0.1) is 0 Å². The van der Waals surface area contributed by atoms with Crippen LogP contribution in [0.25, 0.3) is 22.3 Å². The lowest BCUT2D eigenvalue weighted by Gasteiger charge is -2.18. The average Bonchev–Trinajstić information content (AvgIpc) is 3.30. The molecule has 0 unspecified atom stereocenters. The average molecular weight is 861 g/mol. The molecule has 0 aromatic heterocycles. The lowest BCUT2D eigenvalue weighted by Crippen LogP contribution is -2.01. The molecule has 0 atom stereocenters. The number of hydrogen-bond acceptors (Lipinski definition) is 8. The van der Waals surface area contributed by atoms with Crippen LogP contribution in [0.5, 0.6) is 57.5 Å². The van der Waals surface area contributed by atoms with E-state index in [0.717, 1.165) is 55.6 Å². The summed E-state index contributed by atoms with van der Waals surface area (Å²) in [5.74, 6) is 2.30. The van der Waals surface area contributed by atoms with Crippen molar-refractivity contribution < 1.29 is 40.1 Å². The normalized spacial score (nSPS) is 13.4. The number of phenols is 6. The molecule has 0 aliphatic carbocycles. The van der Waals surface area contributed by atoms with Gasteiger partial charge in [0.1, 0.15) is 34.5 Å². The summed E-state index contributed by atoms with van der Waals surface area (Å²) in [6.45, 7) is 0. The van der Waals surface area contributed by atoms with Crippen molar-refractivity contribution in [2.75, 3.05) is 0 Å². The Morgan fingerprint density at radius 3 is 1.11 bits per heavy atom. The Kier molecular flexibility index (Phi) is 11.0. The van der Waals surface area contributed by atoms with Gasteiger partial charge in [-0.1, -0.05) is 72.8 Å². The second-order valence-corrected chi connectivity index (χ2v) is 17.3. The van der Waals surface area contributed by atoms with Crippen molar-refractivity contribution in [2.45, 2.75) is 57.8 Å². The SMILES string of the molecule is Oc1ccc2c(c1)CCc1ccc(cc1)Oc1cc(cc(Cc3cc4cc(c3O)Oc3ccc(cc3)CCc3cc(O)ccc3-c3ccc(cc3O)CC4)c1O)CCc1ccc-2c(O)c1. The number of aryl methyl sites for hydroxylation is 8. The maximum Gasteiger partial charge on any atom is 0.169 e. The first-order valence-corrected chi connectivity index (χ1v) is 22.1. The van der Waals surface area contributed by atoms with Crippen LogP contribution in [0.4, 0.5) is 0 Å². The van der Waals surface area contributed by atoms with E-state index in [9.17, 15) is 30.6 Å². The van der Waals surface area contributed by atoms with E-state index in [0.29, 0.717) is 85.1 Å². The molecule has 8 aromatic rings. The fraction of sp³-hybridized carbons (Fsp3) is 0.158. The van der Waals surface area contributed by atoms with Crippen molar-refractivity contribution in [3.63, 3.8) is 0 Å². The minimum Gasteiger partial charge on any atom is -0.508 e. The Bertz CT molecular complexity index is 2870. The van der Waals surface area contributed by atoms with Crippen LogP contribution in [0, 0.1) is 0 Å². The fourth-order valence-corrected chi connectivity index (χ4v) is 9.23. The van der Waals surface area contributed by atoms with Gasteiger partial charge in [-0.05, 0) is 180 Å². The van der Waals surface area contributed by atoms with Crippen LogP contribution in [0.15, 0.2) is 146 Å². The molecule has 12 bridgehead atoms. The molecular weight excluding hydrogens is 813 g/mol. The third kappa shape index (κ3) is 8.89. The van der Waals surface area contributed by atoms with E-state index in [1.807, 2.05) is 109 Å². The third-order valence-corrected chi connectivity index (χ3v) is 12.8. The van der Waals surface area contributed by atoms with Crippen molar-refractivity contribution >= 4 is 0 Å².